The highest BCUT2D eigenvalue weighted by atomic mass is 35.5. The van der Waals surface area contributed by atoms with Crippen LogP contribution in [0.4, 0.5) is 4.39 Å². The summed E-state index contributed by atoms with van der Waals surface area (Å²) >= 11 is 5.79. The fourth-order valence-corrected chi connectivity index (χ4v) is 3.00. The molecule has 3 rings (SSSR count). The summed E-state index contributed by atoms with van der Waals surface area (Å²) in [5.41, 5.74) is 2.28. The standard InChI is InChI=1S/C22H20ClFN2O3/c1-14(27)25-8-9-29-20-6-3-15(4-7-20)18-11-17(22(28)26-13-18)10-16-2-5-19(23)12-21(16)24/h2-7,11-13H,8-10H2,1H3,(H,25,27)(H,26,28). The monoisotopic (exact) mass is 414 g/mol. The Morgan fingerprint density at radius 3 is 2.55 bits per heavy atom. The lowest BCUT2D eigenvalue weighted by Gasteiger charge is -2.09. The van der Waals surface area contributed by atoms with Crippen LogP contribution in [0.2, 0.25) is 5.02 Å². The summed E-state index contributed by atoms with van der Waals surface area (Å²) in [6.07, 6.45) is 1.78. The first-order valence-corrected chi connectivity index (χ1v) is 9.43. The maximum Gasteiger partial charge on any atom is 0.251 e. The van der Waals surface area contributed by atoms with Crippen molar-refractivity contribution in [2.24, 2.45) is 0 Å². The van der Waals surface area contributed by atoms with Gasteiger partial charge < -0.3 is 15.0 Å². The molecule has 0 saturated heterocycles. The van der Waals surface area contributed by atoms with Crippen molar-refractivity contribution in [3.63, 3.8) is 0 Å². The summed E-state index contributed by atoms with van der Waals surface area (Å²) in [5, 5.41) is 2.97. The molecule has 1 amide bonds. The first kappa shape index (κ1) is 20.6. The normalized spacial score (nSPS) is 10.6. The number of carbonyl (C=O) groups is 1. The van der Waals surface area contributed by atoms with Crippen LogP contribution in [0.5, 0.6) is 5.75 Å². The van der Waals surface area contributed by atoms with Crippen molar-refractivity contribution >= 4 is 17.5 Å². The van der Waals surface area contributed by atoms with Gasteiger partial charge in [-0.15, -0.1) is 0 Å². The molecule has 0 aliphatic carbocycles. The molecule has 1 aromatic heterocycles. The van der Waals surface area contributed by atoms with Crippen LogP contribution in [-0.4, -0.2) is 24.0 Å². The van der Waals surface area contributed by atoms with Crippen molar-refractivity contribution in [2.45, 2.75) is 13.3 Å². The van der Waals surface area contributed by atoms with Gasteiger partial charge in [0.1, 0.15) is 18.2 Å². The lowest BCUT2D eigenvalue weighted by molar-refractivity contribution is -0.119. The fraction of sp³-hybridized carbons (Fsp3) is 0.182. The number of hydrogen-bond donors (Lipinski definition) is 2. The maximum atomic E-state index is 14.1. The predicted octanol–water partition coefficient (Wildman–Crippen LogP) is 3.94. The number of carbonyl (C=O) groups excluding carboxylic acids is 1. The second-order valence-corrected chi connectivity index (χ2v) is 6.95. The van der Waals surface area contributed by atoms with Crippen molar-refractivity contribution in [3.8, 4) is 16.9 Å². The van der Waals surface area contributed by atoms with Crippen LogP contribution >= 0.6 is 11.6 Å². The maximum absolute atomic E-state index is 14.1. The quantitative estimate of drug-likeness (QED) is 0.575. The molecule has 0 spiro atoms. The third-order valence-electron chi connectivity index (χ3n) is 4.31. The zero-order chi connectivity index (χ0) is 20.8. The van der Waals surface area contributed by atoms with E-state index in [-0.39, 0.29) is 17.9 Å². The highest BCUT2D eigenvalue weighted by Gasteiger charge is 2.09. The van der Waals surface area contributed by atoms with Gasteiger partial charge in [0.2, 0.25) is 5.91 Å². The molecule has 0 atom stereocenters. The van der Waals surface area contributed by atoms with Crippen molar-refractivity contribution in [2.75, 3.05) is 13.2 Å². The number of rotatable bonds is 7. The minimum atomic E-state index is -0.442. The second-order valence-electron chi connectivity index (χ2n) is 6.51. The number of hydrogen-bond acceptors (Lipinski definition) is 3. The van der Waals surface area contributed by atoms with E-state index in [9.17, 15) is 14.0 Å². The zero-order valence-corrected chi connectivity index (χ0v) is 16.6. The van der Waals surface area contributed by atoms with Gasteiger partial charge >= 0.3 is 0 Å². The Morgan fingerprint density at radius 2 is 1.86 bits per heavy atom. The lowest BCUT2D eigenvalue weighted by atomic mass is 10.0. The van der Waals surface area contributed by atoms with Gasteiger partial charge in [0.05, 0.1) is 6.54 Å². The van der Waals surface area contributed by atoms with E-state index in [2.05, 4.69) is 10.3 Å². The number of benzene rings is 2. The molecular formula is C22H20ClFN2O3. The van der Waals surface area contributed by atoms with Crippen molar-refractivity contribution < 1.29 is 13.9 Å². The number of aromatic nitrogens is 1. The summed E-state index contributed by atoms with van der Waals surface area (Å²) < 4.78 is 19.6. The van der Waals surface area contributed by atoms with E-state index in [0.717, 1.165) is 11.1 Å². The van der Waals surface area contributed by atoms with Crippen LogP contribution < -0.4 is 15.6 Å². The molecular weight excluding hydrogens is 395 g/mol. The van der Waals surface area contributed by atoms with Gasteiger partial charge in [-0.05, 0) is 47.0 Å². The van der Waals surface area contributed by atoms with Crippen molar-refractivity contribution in [1.82, 2.24) is 10.3 Å². The first-order chi connectivity index (χ1) is 13.9. The van der Waals surface area contributed by atoms with Gasteiger partial charge in [0.25, 0.3) is 5.56 Å². The Bertz CT molecular complexity index is 1060. The van der Waals surface area contributed by atoms with Gasteiger partial charge in [0.15, 0.2) is 0 Å². The second kappa shape index (κ2) is 9.39. The van der Waals surface area contributed by atoms with Gasteiger partial charge in [-0.25, -0.2) is 4.39 Å². The Balaban J connectivity index is 1.73. The van der Waals surface area contributed by atoms with E-state index >= 15 is 0 Å². The minimum Gasteiger partial charge on any atom is -0.492 e. The molecule has 3 aromatic rings. The number of nitrogens with one attached hydrogen (secondary N) is 2. The molecule has 5 nitrogen and oxygen atoms in total. The number of ether oxygens (including phenoxy) is 1. The lowest BCUT2D eigenvalue weighted by Crippen LogP contribution is -2.25. The molecule has 2 N–H and O–H groups in total. The molecule has 0 aliphatic rings. The van der Waals surface area contributed by atoms with E-state index in [1.165, 1.54) is 13.0 Å². The fourth-order valence-electron chi connectivity index (χ4n) is 2.84. The van der Waals surface area contributed by atoms with Crippen LogP contribution in [0.1, 0.15) is 18.1 Å². The molecule has 0 unspecified atom stereocenters. The Kier molecular flexibility index (Phi) is 6.67. The molecule has 150 valence electrons. The number of amides is 1. The van der Waals surface area contributed by atoms with Gasteiger partial charge in [-0.2, -0.15) is 0 Å². The smallest absolute Gasteiger partial charge is 0.251 e. The van der Waals surface area contributed by atoms with Crippen LogP contribution in [0.3, 0.4) is 0 Å². The van der Waals surface area contributed by atoms with Crippen molar-refractivity contribution in [3.05, 3.63) is 87.0 Å². The average molecular weight is 415 g/mol. The van der Waals surface area contributed by atoms with Crippen LogP contribution in [0, 0.1) is 5.82 Å². The summed E-state index contributed by atoms with van der Waals surface area (Å²) in [6, 6.07) is 13.5. The number of halogens is 2. The average Bonchev–Trinajstić information content (AvgIpc) is 2.69. The molecule has 0 saturated carbocycles. The van der Waals surface area contributed by atoms with E-state index in [0.29, 0.717) is 35.1 Å². The molecule has 0 fully saturated rings. The third kappa shape index (κ3) is 5.68. The van der Waals surface area contributed by atoms with Crippen LogP contribution in [0.25, 0.3) is 11.1 Å². The third-order valence-corrected chi connectivity index (χ3v) is 4.54. The Hall–Kier alpha value is -3.12. The first-order valence-electron chi connectivity index (χ1n) is 9.05. The molecule has 1 heterocycles. The molecule has 0 radical (unpaired) electrons. The van der Waals surface area contributed by atoms with E-state index < -0.39 is 5.82 Å². The van der Waals surface area contributed by atoms with Crippen molar-refractivity contribution in [1.29, 1.82) is 0 Å². The van der Waals surface area contributed by atoms with Crippen LogP contribution in [0.15, 0.2) is 59.5 Å². The van der Waals surface area contributed by atoms with Gasteiger partial charge in [0, 0.05) is 30.1 Å². The zero-order valence-electron chi connectivity index (χ0n) is 15.8. The summed E-state index contributed by atoms with van der Waals surface area (Å²) in [7, 11) is 0. The summed E-state index contributed by atoms with van der Waals surface area (Å²) in [5.74, 6) is 0.131. The minimum absolute atomic E-state index is 0.101. The van der Waals surface area contributed by atoms with E-state index in [4.69, 9.17) is 16.3 Å². The number of pyridine rings is 1. The highest BCUT2D eigenvalue weighted by Crippen LogP contribution is 2.23. The predicted molar refractivity (Wildman–Crippen MR) is 111 cm³/mol. The molecule has 2 aromatic carbocycles. The molecule has 0 aliphatic heterocycles. The molecule has 29 heavy (non-hydrogen) atoms. The Morgan fingerprint density at radius 1 is 1.10 bits per heavy atom. The molecule has 0 bridgehead atoms. The van der Waals surface area contributed by atoms with Gasteiger partial charge in [-0.3, -0.25) is 9.59 Å². The number of H-pyrrole nitrogens is 1. The Labute approximate surface area is 172 Å². The SMILES string of the molecule is CC(=O)NCCOc1ccc(-c2c[nH]c(=O)c(Cc3ccc(Cl)cc3F)c2)cc1. The van der Waals surface area contributed by atoms with E-state index in [1.807, 2.05) is 24.3 Å². The summed E-state index contributed by atoms with van der Waals surface area (Å²) in [6.45, 7) is 2.25. The molecule has 7 heteroatoms. The number of aromatic amines is 1. The largest absolute Gasteiger partial charge is 0.492 e. The highest BCUT2D eigenvalue weighted by molar-refractivity contribution is 6.30. The van der Waals surface area contributed by atoms with Crippen LogP contribution in [-0.2, 0) is 11.2 Å². The summed E-state index contributed by atoms with van der Waals surface area (Å²) in [4.78, 5) is 25.7. The van der Waals surface area contributed by atoms with Gasteiger partial charge in [-0.1, -0.05) is 29.8 Å². The topological polar surface area (TPSA) is 71.2 Å². The van der Waals surface area contributed by atoms with E-state index in [1.54, 1.807) is 24.4 Å².